The molecule has 9 heteroatoms. The Bertz CT molecular complexity index is 1040. The molecule has 0 aliphatic carbocycles. The van der Waals surface area contributed by atoms with Crippen LogP contribution in [0.1, 0.15) is 18.1 Å². The van der Waals surface area contributed by atoms with E-state index in [4.69, 9.17) is 10.00 Å². The predicted molar refractivity (Wildman–Crippen MR) is 98.4 cm³/mol. The van der Waals surface area contributed by atoms with Gasteiger partial charge < -0.3 is 10.1 Å². The van der Waals surface area contributed by atoms with E-state index in [-0.39, 0.29) is 11.4 Å². The molecule has 0 bridgehead atoms. The lowest BCUT2D eigenvalue weighted by molar-refractivity contribution is -0.137. The number of carbonyl (C=O) groups is 1. The number of carbonyl (C=O) groups excluding carboxylic acids is 1. The Balaban J connectivity index is 1.78. The van der Waals surface area contributed by atoms with Crippen molar-refractivity contribution >= 4 is 11.6 Å². The van der Waals surface area contributed by atoms with Crippen LogP contribution >= 0.6 is 0 Å². The van der Waals surface area contributed by atoms with Gasteiger partial charge in [0.1, 0.15) is 5.75 Å². The second-order valence-corrected chi connectivity index (χ2v) is 6.06. The maximum atomic E-state index is 13.5. The first-order valence-corrected chi connectivity index (χ1v) is 8.47. The highest BCUT2D eigenvalue weighted by Crippen LogP contribution is 2.36. The van der Waals surface area contributed by atoms with Crippen molar-refractivity contribution in [2.75, 3.05) is 5.32 Å². The number of benzene rings is 2. The third-order valence-electron chi connectivity index (χ3n) is 4.00. The summed E-state index contributed by atoms with van der Waals surface area (Å²) in [4.78, 5) is 12.4. The quantitative estimate of drug-likeness (QED) is 0.697. The number of hydrogen-bond donors (Lipinski definition) is 1. The zero-order chi connectivity index (χ0) is 21.0. The average Bonchev–Trinajstić information content (AvgIpc) is 3.22. The van der Waals surface area contributed by atoms with Crippen LogP contribution in [0.4, 0.5) is 18.9 Å². The fraction of sp³-hybridized carbons (Fsp3) is 0.150. The van der Waals surface area contributed by atoms with Gasteiger partial charge in [-0.2, -0.15) is 23.5 Å². The third kappa shape index (κ3) is 4.73. The largest absolute Gasteiger partial charge is 0.481 e. The maximum absolute atomic E-state index is 13.5. The number of amides is 1. The van der Waals surface area contributed by atoms with Crippen LogP contribution in [0.15, 0.2) is 60.9 Å². The minimum atomic E-state index is -4.68. The molecule has 0 radical (unpaired) electrons. The number of ether oxygens (including phenoxy) is 1. The highest BCUT2D eigenvalue weighted by molar-refractivity contribution is 5.95. The van der Waals surface area contributed by atoms with Gasteiger partial charge in [0.05, 0.1) is 28.6 Å². The smallest absolute Gasteiger partial charge is 0.418 e. The second-order valence-electron chi connectivity index (χ2n) is 6.06. The summed E-state index contributed by atoms with van der Waals surface area (Å²) < 4.78 is 47.2. The van der Waals surface area contributed by atoms with Crippen molar-refractivity contribution in [2.45, 2.75) is 19.2 Å². The number of nitrogens with zero attached hydrogens (tertiary/aromatic N) is 3. The van der Waals surface area contributed by atoms with Crippen LogP contribution in [0.25, 0.3) is 5.69 Å². The van der Waals surface area contributed by atoms with Crippen molar-refractivity contribution in [3.8, 4) is 17.5 Å². The predicted octanol–water partition coefficient (Wildman–Crippen LogP) is 4.17. The van der Waals surface area contributed by atoms with Crippen LogP contribution in [0, 0.1) is 11.3 Å². The van der Waals surface area contributed by atoms with Gasteiger partial charge in [0, 0.05) is 12.4 Å². The Morgan fingerprint density at radius 3 is 2.55 bits per heavy atom. The Morgan fingerprint density at radius 1 is 1.24 bits per heavy atom. The number of hydrogen-bond acceptors (Lipinski definition) is 4. The summed E-state index contributed by atoms with van der Waals surface area (Å²) in [6.07, 6.45) is -2.77. The monoisotopic (exact) mass is 400 g/mol. The van der Waals surface area contributed by atoms with Crippen molar-refractivity contribution in [1.82, 2.24) is 9.78 Å². The number of nitrogens with one attached hydrogen (secondary N) is 1. The molecule has 1 aromatic heterocycles. The zero-order valence-electron chi connectivity index (χ0n) is 15.1. The van der Waals surface area contributed by atoms with Gasteiger partial charge in [-0.3, -0.25) is 4.79 Å². The molecule has 29 heavy (non-hydrogen) atoms. The van der Waals surface area contributed by atoms with E-state index in [1.54, 1.807) is 6.07 Å². The number of alkyl halides is 3. The van der Waals surface area contributed by atoms with Gasteiger partial charge >= 0.3 is 6.18 Å². The van der Waals surface area contributed by atoms with E-state index in [0.29, 0.717) is 11.3 Å². The van der Waals surface area contributed by atoms with E-state index >= 15 is 0 Å². The van der Waals surface area contributed by atoms with Crippen LogP contribution in [0.3, 0.4) is 0 Å². The van der Waals surface area contributed by atoms with Crippen LogP contribution < -0.4 is 10.1 Å². The molecule has 0 spiro atoms. The fourth-order valence-electron chi connectivity index (χ4n) is 2.54. The van der Waals surface area contributed by atoms with Gasteiger partial charge in [0.25, 0.3) is 5.91 Å². The first kappa shape index (κ1) is 19.9. The van der Waals surface area contributed by atoms with E-state index in [1.807, 2.05) is 6.07 Å². The summed E-state index contributed by atoms with van der Waals surface area (Å²) in [6.45, 7) is 1.42. The molecule has 1 atom stereocenters. The van der Waals surface area contributed by atoms with E-state index in [9.17, 15) is 18.0 Å². The standard InChI is InChI=1S/C20H15F3N4O2/c1-13(29-16-6-3-14(12-24)4-7-16)19(28)26-18-8-5-15(27-10-2-9-25-27)11-17(18)20(21,22)23/h2-11,13H,1H3,(H,26,28)/t13-/m0/s1. The molecule has 0 unspecified atom stereocenters. The van der Waals surface area contributed by atoms with Gasteiger partial charge in [-0.15, -0.1) is 0 Å². The topological polar surface area (TPSA) is 79.9 Å². The Hall–Kier alpha value is -3.80. The first-order chi connectivity index (χ1) is 13.8. The van der Waals surface area contributed by atoms with Crippen LogP contribution in [0.5, 0.6) is 5.75 Å². The SMILES string of the molecule is C[C@H](Oc1ccc(C#N)cc1)C(=O)Nc1ccc(-n2cccn2)cc1C(F)(F)F. The van der Waals surface area contributed by atoms with Gasteiger partial charge in [0.2, 0.25) is 0 Å². The van der Waals surface area contributed by atoms with Gasteiger partial charge in [-0.1, -0.05) is 0 Å². The summed E-state index contributed by atoms with van der Waals surface area (Å²) in [7, 11) is 0. The molecule has 148 valence electrons. The number of aromatic nitrogens is 2. The molecule has 3 aromatic rings. The minimum absolute atomic E-state index is 0.210. The average molecular weight is 400 g/mol. The van der Waals surface area contributed by atoms with Gasteiger partial charge in [-0.05, 0) is 55.5 Å². The van der Waals surface area contributed by atoms with Gasteiger partial charge in [0.15, 0.2) is 6.10 Å². The summed E-state index contributed by atoms with van der Waals surface area (Å²) >= 11 is 0. The molecule has 0 saturated heterocycles. The third-order valence-corrected chi connectivity index (χ3v) is 4.00. The lowest BCUT2D eigenvalue weighted by Gasteiger charge is -2.18. The lowest BCUT2D eigenvalue weighted by Crippen LogP contribution is -2.31. The molecular weight excluding hydrogens is 385 g/mol. The fourth-order valence-corrected chi connectivity index (χ4v) is 2.54. The lowest BCUT2D eigenvalue weighted by atomic mass is 10.1. The zero-order valence-corrected chi connectivity index (χ0v) is 15.1. The number of rotatable bonds is 5. The van der Waals surface area contributed by atoms with Crippen molar-refractivity contribution in [1.29, 1.82) is 5.26 Å². The first-order valence-electron chi connectivity index (χ1n) is 8.47. The number of halogens is 3. The normalized spacial score (nSPS) is 12.1. The molecule has 0 aliphatic rings. The van der Waals surface area contributed by atoms with Crippen LogP contribution in [-0.4, -0.2) is 21.8 Å². The molecule has 6 nitrogen and oxygen atoms in total. The molecule has 1 heterocycles. The molecular formula is C20H15F3N4O2. The minimum Gasteiger partial charge on any atom is -0.481 e. The van der Waals surface area contributed by atoms with Crippen molar-refractivity contribution in [2.24, 2.45) is 0 Å². The summed E-state index contributed by atoms with van der Waals surface area (Å²) in [5, 5.41) is 15.0. The van der Waals surface area contributed by atoms with E-state index < -0.39 is 23.8 Å². The van der Waals surface area contributed by atoms with E-state index in [2.05, 4.69) is 10.4 Å². The highest BCUT2D eigenvalue weighted by Gasteiger charge is 2.35. The number of anilines is 1. The van der Waals surface area contributed by atoms with Gasteiger partial charge in [-0.25, -0.2) is 4.68 Å². The summed E-state index contributed by atoms with van der Waals surface area (Å²) in [6, 6.07) is 13.1. The van der Waals surface area contributed by atoms with Crippen LogP contribution in [-0.2, 0) is 11.0 Å². The van der Waals surface area contributed by atoms with E-state index in [1.165, 1.54) is 60.4 Å². The Labute approximate surface area is 164 Å². The highest BCUT2D eigenvalue weighted by atomic mass is 19.4. The van der Waals surface area contributed by atoms with Crippen molar-refractivity contribution in [3.05, 3.63) is 72.1 Å². The molecule has 1 N–H and O–H groups in total. The van der Waals surface area contributed by atoms with Crippen molar-refractivity contribution < 1.29 is 22.7 Å². The molecule has 3 rings (SSSR count). The molecule has 0 fully saturated rings. The molecule has 1 amide bonds. The molecule has 0 saturated carbocycles. The summed E-state index contributed by atoms with van der Waals surface area (Å²) in [5.41, 5.74) is -0.748. The Kier molecular flexibility index (Phi) is 5.54. The number of nitriles is 1. The second kappa shape index (κ2) is 8.06. The summed E-state index contributed by atoms with van der Waals surface area (Å²) in [5.74, 6) is -0.427. The maximum Gasteiger partial charge on any atom is 0.418 e. The Morgan fingerprint density at radius 2 is 1.97 bits per heavy atom. The van der Waals surface area contributed by atoms with E-state index in [0.717, 1.165) is 6.07 Å². The van der Waals surface area contributed by atoms with Crippen LogP contribution in [0.2, 0.25) is 0 Å². The molecule has 0 aliphatic heterocycles. The van der Waals surface area contributed by atoms with Crippen molar-refractivity contribution in [3.63, 3.8) is 0 Å². The molecule has 2 aromatic carbocycles.